The molecule has 0 spiro atoms. The summed E-state index contributed by atoms with van der Waals surface area (Å²) >= 11 is 9.07. The maximum atomic E-state index is 13.8. The second-order valence-electron chi connectivity index (χ2n) is 4.87. The maximum Gasteiger partial charge on any atom is 0.257 e. The first-order chi connectivity index (χ1) is 10.6. The molecule has 112 valence electrons. The smallest absolute Gasteiger partial charge is 0.257 e. The van der Waals surface area contributed by atoms with Crippen molar-refractivity contribution in [2.45, 2.75) is 12.8 Å². The minimum Gasteiger partial charge on any atom is -0.320 e. The summed E-state index contributed by atoms with van der Waals surface area (Å²) in [5.41, 5.74) is 2.36. The van der Waals surface area contributed by atoms with E-state index in [9.17, 15) is 9.18 Å². The molecule has 3 nitrogen and oxygen atoms in total. The molecule has 0 bridgehead atoms. The number of carbonyl (C=O) groups is 1. The van der Waals surface area contributed by atoms with E-state index in [1.54, 1.807) is 30.5 Å². The van der Waals surface area contributed by atoms with E-state index in [1.807, 2.05) is 0 Å². The first-order valence-electron chi connectivity index (χ1n) is 6.66. The van der Waals surface area contributed by atoms with E-state index < -0.39 is 5.82 Å². The lowest BCUT2D eigenvalue weighted by molar-refractivity contribution is -0.110. The largest absolute Gasteiger partial charge is 0.320 e. The lowest BCUT2D eigenvalue weighted by Gasteiger charge is -2.03. The zero-order valence-corrected chi connectivity index (χ0v) is 13.7. The number of aryl methyl sites for hydroxylation is 1. The number of allylic oxidation sites excluding steroid dienone is 1. The lowest BCUT2D eigenvalue weighted by Crippen LogP contribution is -2.04. The second-order valence-corrected chi connectivity index (χ2v) is 6.20. The predicted octanol–water partition coefficient (Wildman–Crippen LogP) is 4.60. The molecule has 1 N–H and O–H groups in total. The van der Waals surface area contributed by atoms with E-state index in [0.29, 0.717) is 35.4 Å². The Balaban J connectivity index is 1.79. The zero-order chi connectivity index (χ0) is 15.7. The van der Waals surface area contributed by atoms with Crippen molar-refractivity contribution in [2.24, 2.45) is 0 Å². The standard InChI is InChI=1S/C16H11BrClFN2O/c17-10-7-13-15(20-8-10)11(16(22)21-13)5-1-3-9-4-2-6-12(18)14(9)19/h2,4-8H,1,3H2,(H,21,22)/b11-5+. The summed E-state index contributed by atoms with van der Waals surface area (Å²) in [6, 6.07) is 6.72. The van der Waals surface area contributed by atoms with Crippen molar-refractivity contribution in [1.82, 2.24) is 4.98 Å². The van der Waals surface area contributed by atoms with Crippen LogP contribution in [0.2, 0.25) is 5.02 Å². The van der Waals surface area contributed by atoms with Gasteiger partial charge in [0.15, 0.2) is 0 Å². The molecule has 0 unspecified atom stereocenters. The SMILES string of the molecule is O=C1Nc2cc(Br)cnc2/C1=C\CCc1cccc(Cl)c1F. The number of aromatic nitrogens is 1. The minimum atomic E-state index is -0.402. The number of carbonyl (C=O) groups excluding carboxylic acids is 1. The van der Waals surface area contributed by atoms with Gasteiger partial charge < -0.3 is 5.32 Å². The van der Waals surface area contributed by atoms with Crippen molar-refractivity contribution < 1.29 is 9.18 Å². The van der Waals surface area contributed by atoms with Crippen molar-refractivity contribution in [3.63, 3.8) is 0 Å². The Kier molecular flexibility index (Phi) is 4.27. The van der Waals surface area contributed by atoms with E-state index >= 15 is 0 Å². The monoisotopic (exact) mass is 380 g/mol. The van der Waals surface area contributed by atoms with Crippen LogP contribution in [-0.4, -0.2) is 10.9 Å². The van der Waals surface area contributed by atoms with Crippen LogP contribution in [0.25, 0.3) is 5.57 Å². The number of benzene rings is 1. The van der Waals surface area contributed by atoms with Crippen molar-refractivity contribution in [2.75, 3.05) is 5.32 Å². The molecule has 0 fully saturated rings. The molecule has 0 saturated carbocycles. The van der Waals surface area contributed by atoms with Crippen LogP contribution in [0.3, 0.4) is 0 Å². The summed E-state index contributed by atoms with van der Waals surface area (Å²) in [6.45, 7) is 0. The van der Waals surface area contributed by atoms with Crippen LogP contribution in [0.15, 0.2) is 41.0 Å². The molecule has 1 amide bonds. The van der Waals surface area contributed by atoms with Gasteiger partial charge in [0.25, 0.3) is 5.91 Å². The van der Waals surface area contributed by atoms with E-state index in [2.05, 4.69) is 26.2 Å². The molecule has 1 aromatic heterocycles. The summed E-state index contributed by atoms with van der Waals surface area (Å²) in [5, 5.41) is 2.87. The Labute approximate surface area is 140 Å². The molecule has 1 aliphatic rings. The highest BCUT2D eigenvalue weighted by molar-refractivity contribution is 9.10. The van der Waals surface area contributed by atoms with Gasteiger partial charge in [0.1, 0.15) is 5.82 Å². The van der Waals surface area contributed by atoms with Gasteiger partial charge in [0.2, 0.25) is 0 Å². The Morgan fingerprint density at radius 3 is 3.05 bits per heavy atom. The molecule has 1 aliphatic heterocycles. The number of halogens is 3. The fourth-order valence-corrected chi connectivity index (χ4v) is 2.87. The predicted molar refractivity (Wildman–Crippen MR) is 88.3 cm³/mol. The van der Waals surface area contributed by atoms with Crippen LogP contribution in [0.5, 0.6) is 0 Å². The maximum absolute atomic E-state index is 13.8. The van der Waals surface area contributed by atoms with E-state index in [-0.39, 0.29) is 10.9 Å². The number of anilines is 1. The molecular weight excluding hydrogens is 371 g/mol. The van der Waals surface area contributed by atoms with Crippen molar-refractivity contribution in [3.05, 3.63) is 63.1 Å². The zero-order valence-electron chi connectivity index (χ0n) is 11.4. The topological polar surface area (TPSA) is 42.0 Å². The molecule has 0 radical (unpaired) electrons. The van der Waals surface area contributed by atoms with E-state index in [0.717, 1.165) is 4.47 Å². The van der Waals surface area contributed by atoms with Gasteiger partial charge in [-0.2, -0.15) is 0 Å². The Bertz CT molecular complexity index is 792. The van der Waals surface area contributed by atoms with Gasteiger partial charge in [-0.25, -0.2) is 4.39 Å². The van der Waals surface area contributed by atoms with Crippen LogP contribution in [0.1, 0.15) is 17.7 Å². The van der Waals surface area contributed by atoms with Crippen LogP contribution in [-0.2, 0) is 11.2 Å². The van der Waals surface area contributed by atoms with Crippen LogP contribution in [0, 0.1) is 5.82 Å². The van der Waals surface area contributed by atoms with Crippen LogP contribution >= 0.6 is 27.5 Å². The average molecular weight is 382 g/mol. The molecule has 2 aromatic rings. The van der Waals surface area contributed by atoms with Crippen molar-refractivity contribution >= 4 is 44.7 Å². The highest BCUT2D eigenvalue weighted by Gasteiger charge is 2.25. The summed E-state index contributed by atoms with van der Waals surface area (Å²) in [4.78, 5) is 16.2. The van der Waals surface area contributed by atoms with Crippen LogP contribution in [0.4, 0.5) is 10.1 Å². The molecule has 0 aliphatic carbocycles. The summed E-state index contributed by atoms with van der Waals surface area (Å²) in [7, 11) is 0. The van der Waals surface area contributed by atoms with Crippen LogP contribution < -0.4 is 5.32 Å². The number of nitrogens with one attached hydrogen (secondary N) is 1. The third-order valence-electron chi connectivity index (χ3n) is 3.40. The van der Waals surface area contributed by atoms with Gasteiger partial charge >= 0.3 is 0 Å². The second kappa shape index (κ2) is 6.18. The molecule has 1 aromatic carbocycles. The van der Waals surface area contributed by atoms with Crippen molar-refractivity contribution in [1.29, 1.82) is 0 Å². The third kappa shape index (κ3) is 2.91. The molecule has 22 heavy (non-hydrogen) atoms. The molecule has 6 heteroatoms. The van der Waals surface area contributed by atoms with E-state index in [1.165, 1.54) is 6.07 Å². The fourth-order valence-electron chi connectivity index (χ4n) is 2.35. The highest BCUT2D eigenvalue weighted by Crippen LogP contribution is 2.32. The van der Waals surface area contributed by atoms with Gasteiger partial charge in [-0.05, 0) is 46.5 Å². The first-order valence-corrected chi connectivity index (χ1v) is 7.83. The first kappa shape index (κ1) is 15.2. The van der Waals surface area contributed by atoms with E-state index in [4.69, 9.17) is 11.6 Å². The number of hydrogen-bond acceptors (Lipinski definition) is 2. The highest BCUT2D eigenvalue weighted by atomic mass is 79.9. The molecular formula is C16H11BrClFN2O. The summed E-state index contributed by atoms with van der Waals surface area (Å²) < 4.78 is 14.6. The number of fused-ring (bicyclic) bond motifs is 1. The number of rotatable bonds is 3. The summed E-state index contributed by atoms with van der Waals surface area (Å²) in [5.74, 6) is -0.590. The van der Waals surface area contributed by atoms with Gasteiger partial charge in [-0.15, -0.1) is 0 Å². The Hall–Kier alpha value is -1.72. The van der Waals surface area contributed by atoms with Gasteiger partial charge in [-0.1, -0.05) is 29.8 Å². The number of amides is 1. The lowest BCUT2D eigenvalue weighted by atomic mass is 10.1. The third-order valence-corrected chi connectivity index (χ3v) is 4.12. The Morgan fingerprint density at radius 2 is 2.23 bits per heavy atom. The normalized spacial score (nSPS) is 15.0. The van der Waals surface area contributed by atoms with Gasteiger partial charge in [0.05, 0.1) is 22.0 Å². The van der Waals surface area contributed by atoms with Gasteiger partial charge in [0, 0.05) is 10.7 Å². The molecule has 3 rings (SSSR count). The number of hydrogen-bond donors (Lipinski definition) is 1. The quantitative estimate of drug-likeness (QED) is 0.789. The number of pyridine rings is 1. The minimum absolute atomic E-state index is 0.112. The average Bonchev–Trinajstić information content (AvgIpc) is 2.78. The Morgan fingerprint density at radius 1 is 1.41 bits per heavy atom. The molecule has 2 heterocycles. The molecule has 0 saturated heterocycles. The van der Waals surface area contributed by atoms with Gasteiger partial charge in [-0.3, -0.25) is 9.78 Å². The molecule has 0 atom stereocenters. The fraction of sp³-hybridized carbons (Fsp3) is 0.125. The number of nitrogens with zero attached hydrogens (tertiary/aromatic N) is 1. The summed E-state index contributed by atoms with van der Waals surface area (Å²) in [6.07, 6.45) is 4.41. The van der Waals surface area contributed by atoms with Crippen molar-refractivity contribution in [3.8, 4) is 0 Å².